The maximum absolute atomic E-state index is 13.8. The number of hydrogen-bond donors (Lipinski definition) is 3. The number of fused-ring (bicyclic) bond motifs is 1. The molecule has 2 fully saturated rings. The number of ketones is 1. The summed E-state index contributed by atoms with van der Waals surface area (Å²) in [6.45, 7) is 13.7. The van der Waals surface area contributed by atoms with Crippen LogP contribution >= 0.6 is 0 Å². The molecule has 0 aromatic carbocycles. The van der Waals surface area contributed by atoms with Gasteiger partial charge in [-0.05, 0) is 31.6 Å². The Balaban J connectivity index is 1.87. The number of nitrogens with zero attached hydrogens (tertiary/aromatic N) is 1. The number of nitrogens with one attached hydrogen (secondary N) is 2. The fourth-order valence-corrected chi connectivity index (χ4v) is 5.29. The van der Waals surface area contributed by atoms with Crippen molar-refractivity contribution >= 4 is 23.5 Å². The molecule has 0 aromatic heterocycles. The number of nitrogens with two attached hydrogens (primary N) is 1. The van der Waals surface area contributed by atoms with Crippen LogP contribution in [-0.2, 0) is 19.2 Å². The van der Waals surface area contributed by atoms with E-state index in [-0.39, 0.29) is 30.2 Å². The molecule has 1 heterocycles. The van der Waals surface area contributed by atoms with Crippen molar-refractivity contribution in [3.63, 3.8) is 0 Å². The molecule has 5 atom stereocenters. The number of hydrogen-bond acceptors (Lipinski definition) is 5. The van der Waals surface area contributed by atoms with Crippen molar-refractivity contribution < 1.29 is 19.2 Å². The highest BCUT2D eigenvalue weighted by Crippen LogP contribution is 2.46. The molecular formula is C27H40N4O4. The minimum atomic E-state index is -0.949. The smallest absolute Gasteiger partial charge is 0.289 e. The second-order valence-electron chi connectivity index (χ2n) is 11.9. The van der Waals surface area contributed by atoms with Crippen molar-refractivity contribution in [1.82, 2.24) is 15.5 Å². The van der Waals surface area contributed by atoms with Crippen LogP contribution in [-0.4, -0.2) is 59.6 Å². The van der Waals surface area contributed by atoms with E-state index in [0.717, 1.165) is 19.3 Å². The molecule has 1 aliphatic heterocycles. The van der Waals surface area contributed by atoms with E-state index in [9.17, 15) is 19.2 Å². The van der Waals surface area contributed by atoms with Crippen LogP contribution in [0, 0.1) is 40.4 Å². The molecule has 192 valence electrons. The maximum atomic E-state index is 13.8. The van der Waals surface area contributed by atoms with Crippen molar-refractivity contribution in [2.45, 2.75) is 78.4 Å². The van der Waals surface area contributed by atoms with E-state index >= 15 is 0 Å². The van der Waals surface area contributed by atoms with Gasteiger partial charge in [0.25, 0.3) is 5.91 Å². The summed E-state index contributed by atoms with van der Waals surface area (Å²) in [5, 5.41) is 5.38. The highest BCUT2D eigenvalue weighted by atomic mass is 16.2. The van der Waals surface area contributed by atoms with Crippen molar-refractivity contribution in [2.75, 3.05) is 13.1 Å². The van der Waals surface area contributed by atoms with Crippen molar-refractivity contribution in [3.8, 4) is 11.8 Å². The first-order valence-electron chi connectivity index (χ1n) is 12.6. The van der Waals surface area contributed by atoms with Crippen LogP contribution in [0.2, 0.25) is 0 Å². The van der Waals surface area contributed by atoms with Gasteiger partial charge in [-0.3, -0.25) is 19.2 Å². The average molecular weight is 485 g/mol. The van der Waals surface area contributed by atoms with Gasteiger partial charge in [-0.15, -0.1) is 6.58 Å². The predicted octanol–water partition coefficient (Wildman–Crippen LogP) is 1.39. The summed E-state index contributed by atoms with van der Waals surface area (Å²) in [5.74, 6) is 4.20. The monoisotopic (exact) mass is 484 g/mol. The first kappa shape index (κ1) is 26.9. The fourth-order valence-electron chi connectivity index (χ4n) is 5.29. The largest absolute Gasteiger partial charge is 0.346 e. The Morgan fingerprint density at radius 2 is 1.89 bits per heavy atom. The third-order valence-corrected chi connectivity index (χ3v) is 7.72. The summed E-state index contributed by atoms with van der Waals surface area (Å²) in [7, 11) is 0. The molecule has 2 unspecified atom stereocenters. The summed E-state index contributed by atoms with van der Waals surface area (Å²) in [4.78, 5) is 54.2. The number of carbonyl (C=O) groups is 4. The molecule has 8 nitrogen and oxygen atoms in total. The third-order valence-electron chi connectivity index (χ3n) is 7.72. The molecule has 0 aromatic rings. The molecule has 3 amide bonds. The van der Waals surface area contributed by atoms with E-state index in [0.29, 0.717) is 13.0 Å². The topological polar surface area (TPSA) is 122 Å². The van der Waals surface area contributed by atoms with E-state index in [4.69, 9.17) is 5.73 Å². The van der Waals surface area contributed by atoms with E-state index < -0.39 is 46.6 Å². The molecule has 1 saturated carbocycles. The lowest BCUT2D eigenvalue weighted by Gasteiger charge is -2.37. The third kappa shape index (κ3) is 5.61. The molecule has 2 aliphatic carbocycles. The zero-order valence-electron chi connectivity index (χ0n) is 21.6. The van der Waals surface area contributed by atoms with E-state index in [1.165, 1.54) is 6.08 Å². The fraction of sp³-hybridized carbons (Fsp3) is 0.704. The number of likely N-dealkylation sites (tertiary alicyclic amines) is 1. The highest BCUT2D eigenvalue weighted by Gasteiger charge is 2.56. The van der Waals surface area contributed by atoms with Crippen LogP contribution in [0.25, 0.3) is 0 Å². The van der Waals surface area contributed by atoms with Gasteiger partial charge in [0.15, 0.2) is 0 Å². The summed E-state index contributed by atoms with van der Waals surface area (Å²) in [6.07, 6.45) is 4.91. The number of carbonyl (C=O) groups excluding carboxylic acids is 4. The Hall–Kier alpha value is -2.66. The molecule has 4 N–H and O–H groups in total. The molecule has 0 bridgehead atoms. The molecule has 3 rings (SSSR count). The Morgan fingerprint density at radius 3 is 2.43 bits per heavy atom. The maximum Gasteiger partial charge on any atom is 0.289 e. The van der Waals surface area contributed by atoms with Gasteiger partial charge < -0.3 is 21.3 Å². The van der Waals surface area contributed by atoms with E-state index in [1.54, 1.807) is 4.90 Å². The number of amides is 3. The zero-order chi connectivity index (χ0) is 26.1. The summed E-state index contributed by atoms with van der Waals surface area (Å²) in [5.41, 5.74) is 5.34. The summed E-state index contributed by atoms with van der Waals surface area (Å²) >= 11 is 0. The second-order valence-corrected chi connectivity index (χ2v) is 11.9. The van der Waals surface area contributed by atoms with Gasteiger partial charge in [0, 0.05) is 30.3 Å². The number of rotatable bonds is 9. The quantitative estimate of drug-likeness (QED) is 0.259. The molecule has 0 radical (unpaired) electrons. The summed E-state index contributed by atoms with van der Waals surface area (Å²) in [6, 6.07) is -2.56. The van der Waals surface area contributed by atoms with Crippen LogP contribution in [0.1, 0.15) is 60.3 Å². The Bertz CT molecular complexity index is 950. The van der Waals surface area contributed by atoms with Gasteiger partial charge in [-0.2, -0.15) is 0 Å². The van der Waals surface area contributed by atoms with E-state index in [1.807, 2.05) is 34.6 Å². The SMILES string of the molecule is C=CCNC(=O)C(=O)C(CC1CCC1)NC(=O)[C@@H]1[C@@H]2C(C#CC2(C)C)CN1C(=O)[C@@H](N)C(C)(C)C. The minimum absolute atomic E-state index is 0.145. The normalized spacial score (nSPS) is 26.5. The van der Waals surface area contributed by atoms with Crippen LogP contribution in [0.15, 0.2) is 12.7 Å². The molecular weight excluding hydrogens is 444 g/mol. The highest BCUT2D eigenvalue weighted by molar-refractivity contribution is 6.38. The Morgan fingerprint density at radius 1 is 1.23 bits per heavy atom. The molecule has 8 heteroatoms. The molecule has 3 aliphatic rings. The van der Waals surface area contributed by atoms with Gasteiger partial charge in [-0.1, -0.05) is 58.0 Å². The van der Waals surface area contributed by atoms with Crippen molar-refractivity contribution in [1.29, 1.82) is 0 Å². The van der Waals surface area contributed by atoms with Crippen molar-refractivity contribution in [3.05, 3.63) is 12.7 Å². The van der Waals surface area contributed by atoms with Gasteiger partial charge >= 0.3 is 0 Å². The number of Topliss-reactive ketones (excluding diaryl/α,β-unsaturated/α-hetero) is 1. The van der Waals surface area contributed by atoms with Crippen LogP contribution in [0.3, 0.4) is 0 Å². The molecule has 35 heavy (non-hydrogen) atoms. The standard InChI is InChI=1S/C27H40N4O4/c1-7-13-29-24(34)21(32)18(14-16-9-8-10-16)30-23(33)20-19-17(11-12-27(19,5)6)15-31(20)25(35)22(28)26(2,3)4/h7,16-20,22H,1,8-10,13-15,28H2,2-6H3,(H,29,34)(H,30,33)/t17?,18?,19-,20-,22+/m0/s1. The van der Waals surface area contributed by atoms with Crippen LogP contribution in [0.5, 0.6) is 0 Å². The van der Waals surface area contributed by atoms with E-state index in [2.05, 4.69) is 29.1 Å². The minimum Gasteiger partial charge on any atom is -0.346 e. The lowest BCUT2D eigenvalue weighted by molar-refractivity contribution is -0.144. The summed E-state index contributed by atoms with van der Waals surface area (Å²) < 4.78 is 0. The zero-order valence-corrected chi connectivity index (χ0v) is 21.6. The molecule has 0 spiro atoms. The van der Waals surface area contributed by atoms with Crippen molar-refractivity contribution in [2.24, 2.45) is 34.3 Å². The second kappa shape index (κ2) is 10.1. The van der Waals surface area contributed by atoms with Crippen LogP contribution < -0.4 is 16.4 Å². The first-order chi connectivity index (χ1) is 16.3. The lowest BCUT2D eigenvalue weighted by atomic mass is 9.74. The average Bonchev–Trinajstić information content (AvgIpc) is 3.28. The van der Waals surface area contributed by atoms with Gasteiger partial charge in [0.1, 0.15) is 6.04 Å². The predicted molar refractivity (Wildman–Crippen MR) is 134 cm³/mol. The van der Waals surface area contributed by atoms with Gasteiger partial charge in [-0.25, -0.2) is 0 Å². The van der Waals surface area contributed by atoms with Gasteiger partial charge in [0.05, 0.1) is 12.1 Å². The van der Waals surface area contributed by atoms with Crippen LogP contribution in [0.4, 0.5) is 0 Å². The Labute approximate surface area is 208 Å². The lowest BCUT2D eigenvalue weighted by Crippen LogP contribution is -2.59. The first-order valence-corrected chi connectivity index (χ1v) is 12.6. The van der Waals surface area contributed by atoms with Gasteiger partial charge in [0.2, 0.25) is 17.6 Å². The Kier molecular flexibility index (Phi) is 7.80. The molecule has 1 saturated heterocycles.